The number of hydrogen-bond donors (Lipinski definition) is 1. The maximum Gasteiger partial charge on any atom is 0.233 e. The Labute approximate surface area is 77.7 Å². The number of nitrogens with one attached hydrogen (secondary N) is 1. The normalized spacial score (nSPS) is 16.7. The van der Waals surface area contributed by atoms with Crippen molar-refractivity contribution in [1.29, 1.82) is 0 Å². The van der Waals surface area contributed by atoms with E-state index in [1.54, 1.807) is 0 Å². The lowest BCUT2D eigenvalue weighted by Crippen LogP contribution is -2.38. The van der Waals surface area contributed by atoms with E-state index in [0.717, 1.165) is 17.5 Å². The third-order valence-electron chi connectivity index (χ3n) is 1.72. The fourth-order valence-electron chi connectivity index (χ4n) is 0.907. The van der Waals surface area contributed by atoms with Crippen molar-refractivity contribution in [1.82, 2.24) is 4.98 Å². The zero-order valence-electron chi connectivity index (χ0n) is 6.62. The molecule has 0 aliphatic carbocycles. The summed E-state index contributed by atoms with van der Waals surface area (Å²) < 4.78 is 17.3. The summed E-state index contributed by atoms with van der Waals surface area (Å²) in [6, 6.07) is 0. The van der Waals surface area contributed by atoms with Crippen molar-refractivity contribution in [3.8, 4) is 0 Å². The van der Waals surface area contributed by atoms with Gasteiger partial charge in [0.05, 0.1) is 25.3 Å². The molecule has 1 amide bonds. The molecule has 1 saturated heterocycles. The Bertz CT molecular complexity index is 324. The zero-order chi connectivity index (χ0) is 9.26. The average molecular weight is 202 g/mol. The van der Waals surface area contributed by atoms with Gasteiger partial charge in [-0.1, -0.05) is 11.3 Å². The van der Waals surface area contributed by atoms with Crippen molar-refractivity contribution < 1.29 is 13.9 Å². The molecule has 0 unspecified atom stereocenters. The topological polar surface area (TPSA) is 51.2 Å². The number of hydrogen-bond acceptors (Lipinski definition) is 4. The molecule has 1 fully saturated rings. The van der Waals surface area contributed by atoms with E-state index in [4.69, 9.17) is 4.74 Å². The highest BCUT2D eigenvalue weighted by molar-refractivity contribution is 7.14. The van der Waals surface area contributed by atoms with Gasteiger partial charge in [-0.25, -0.2) is 4.98 Å². The van der Waals surface area contributed by atoms with Crippen LogP contribution in [-0.4, -0.2) is 24.1 Å². The second kappa shape index (κ2) is 3.39. The maximum absolute atomic E-state index is 12.5. The Morgan fingerprint density at radius 3 is 3.00 bits per heavy atom. The molecule has 0 atom stereocenters. The predicted molar refractivity (Wildman–Crippen MR) is 45.0 cm³/mol. The Morgan fingerprint density at radius 2 is 2.54 bits per heavy atom. The van der Waals surface area contributed by atoms with Crippen molar-refractivity contribution in [3.63, 3.8) is 0 Å². The number of anilines is 1. The molecule has 0 bridgehead atoms. The van der Waals surface area contributed by atoms with Gasteiger partial charge in [-0.2, -0.15) is 4.39 Å². The van der Waals surface area contributed by atoms with E-state index < -0.39 is 5.13 Å². The molecule has 0 saturated carbocycles. The van der Waals surface area contributed by atoms with Crippen LogP contribution in [0, 0.1) is 11.0 Å². The smallest absolute Gasteiger partial charge is 0.233 e. The van der Waals surface area contributed by atoms with Crippen LogP contribution >= 0.6 is 11.3 Å². The van der Waals surface area contributed by atoms with E-state index in [1.807, 2.05) is 0 Å². The Kier molecular flexibility index (Phi) is 2.24. The molecule has 4 nitrogen and oxygen atoms in total. The van der Waals surface area contributed by atoms with Gasteiger partial charge in [0.1, 0.15) is 0 Å². The minimum Gasteiger partial charge on any atom is -0.380 e. The van der Waals surface area contributed by atoms with Crippen LogP contribution in [0.5, 0.6) is 0 Å². The molecule has 1 aromatic rings. The van der Waals surface area contributed by atoms with Gasteiger partial charge in [0.25, 0.3) is 0 Å². The summed E-state index contributed by atoms with van der Waals surface area (Å²) in [6.45, 7) is 0.888. The second-order valence-electron chi connectivity index (χ2n) is 2.69. The number of aromatic nitrogens is 1. The number of carbonyl (C=O) groups excluding carboxylic acids is 1. The molecule has 6 heteroatoms. The number of rotatable bonds is 2. The summed E-state index contributed by atoms with van der Waals surface area (Å²) in [5, 5.41) is 2.41. The third-order valence-corrected chi connectivity index (χ3v) is 2.42. The first-order valence-electron chi connectivity index (χ1n) is 3.75. The molecular weight excluding hydrogens is 195 g/mol. The standard InChI is InChI=1S/C7H7FN2O2S/c8-5-1-9-7(13-5)10-6(11)4-2-12-3-4/h1,4H,2-3H2,(H,9,10,11). The molecule has 1 aliphatic rings. The summed E-state index contributed by atoms with van der Waals surface area (Å²) in [5.74, 6) is -0.257. The lowest BCUT2D eigenvalue weighted by atomic mass is 10.1. The van der Waals surface area contributed by atoms with E-state index in [0.29, 0.717) is 18.3 Å². The first kappa shape index (κ1) is 8.58. The summed E-state index contributed by atoms with van der Waals surface area (Å²) in [6.07, 6.45) is 1.08. The monoisotopic (exact) mass is 202 g/mol. The van der Waals surface area contributed by atoms with Crippen LogP contribution in [0.1, 0.15) is 0 Å². The molecule has 1 N–H and O–H groups in total. The number of amides is 1. The Morgan fingerprint density at radius 1 is 1.77 bits per heavy atom. The van der Waals surface area contributed by atoms with E-state index in [-0.39, 0.29) is 11.8 Å². The minimum atomic E-state index is -0.403. The van der Waals surface area contributed by atoms with Crippen LogP contribution in [0.4, 0.5) is 9.52 Å². The van der Waals surface area contributed by atoms with Crippen LogP contribution in [0.15, 0.2) is 6.20 Å². The van der Waals surface area contributed by atoms with Crippen molar-refractivity contribution in [3.05, 3.63) is 11.3 Å². The highest BCUT2D eigenvalue weighted by Gasteiger charge is 2.26. The lowest BCUT2D eigenvalue weighted by molar-refractivity contribution is -0.133. The van der Waals surface area contributed by atoms with Crippen LogP contribution in [0.25, 0.3) is 0 Å². The average Bonchev–Trinajstić information content (AvgIpc) is 2.31. The largest absolute Gasteiger partial charge is 0.380 e. The van der Waals surface area contributed by atoms with Crippen molar-refractivity contribution in [2.75, 3.05) is 18.5 Å². The number of carbonyl (C=O) groups is 1. The van der Waals surface area contributed by atoms with Crippen LogP contribution in [0.3, 0.4) is 0 Å². The molecule has 0 spiro atoms. The molecule has 0 aromatic carbocycles. The Hall–Kier alpha value is -1.01. The van der Waals surface area contributed by atoms with Gasteiger partial charge < -0.3 is 10.1 Å². The third kappa shape index (κ3) is 1.84. The van der Waals surface area contributed by atoms with E-state index >= 15 is 0 Å². The first-order chi connectivity index (χ1) is 6.25. The summed E-state index contributed by atoms with van der Waals surface area (Å²) >= 11 is 0.818. The molecular formula is C7H7FN2O2S. The highest BCUT2D eigenvalue weighted by atomic mass is 32.1. The van der Waals surface area contributed by atoms with Crippen molar-refractivity contribution in [2.24, 2.45) is 5.92 Å². The van der Waals surface area contributed by atoms with Crippen molar-refractivity contribution in [2.45, 2.75) is 0 Å². The molecule has 2 heterocycles. The van der Waals surface area contributed by atoms with Gasteiger partial charge in [0.2, 0.25) is 5.91 Å². The number of halogens is 1. The van der Waals surface area contributed by atoms with Crippen molar-refractivity contribution >= 4 is 22.4 Å². The van der Waals surface area contributed by atoms with E-state index in [1.165, 1.54) is 0 Å². The van der Waals surface area contributed by atoms with Gasteiger partial charge in [0.15, 0.2) is 10.3 Å². The zero-order valence-corrected chi connectivity index (χ0v) is 7.44. The molecule has 70 valence electrons. The van der Waals surface area contributed by atoms with Gasteiger partial charge in [-0.3, -0.25) is 4.79 Å². The number of nitrogens with zero attached hydrogens (tertiary/aromatic N) is 1. The van der Waals surface area contributed by atoms with Crippen LogP contribution < -0.4 is 5.32 Å². The summed E-state index contributed by atoms with van der Waals surface area (Å²) in [4.78, 5) is 14.9. The van der Waals surface area contributed by atoms with Gasteiger partial charge in [-0.05, 0) is 0 Å². The quantitative estimate of drug-likeness (QED) is 0.774. The molecule has 1 aromatic heterocycles. The number of thiazole rings is 1. The van der Waals surface area contributed by atoms with Crippen LogP contribution in [-0.2, 0) is 9.53 Å². The van der Waals surface area contributed by atoms with Gasteiger partial charge in [0, 0.05) is 0 Å². The second-order valence-corrected chi connectivity index (χ2v) is 3.67. The Balaban J connectivity index is 1.93. The number of ether oxygens (including phenoxy) is 1. The minimum absolute atomic E-state index is 0.105. The molecule has 2 rings (SSSR count). The van der Waals surface area contributed by atoms with Crippen LogP contribution in [0.2, 0.25) is 0 Å². The fourth-order valence-corrected chi connectivity index (χ4v) is 1.45. The van der Waals surface area contributed by atoms with Gasteiger partial charge in [-0.15, -0.1) is 0 Å². The lowest BCUT2D eigenvalue weighted by Gasteiger charge is -2.23. The van der Waals surface area contributed by atoms with E-state index in [9.17, 15) is 9.18 Å². The van der Waals surface area contributed by atoms with E-state index in [2.05, 4.69) is 10.3 Å². The molecule has 1 aliphatic heterocycles. The highest BCUT2D eigenvalue weighted by Crippen LogP contribution is 2.18. The molecule has 13 heavy (non-hydrogen) atoms. The van der Waals surface area contributed by atoms with Gasteiger partial charge >= 0.3 is 0 Å². The fraction of sp³-hybridized carbons (Fsp3) is 0.429. The SMILES string of the molecule is O=C(Nc1ncc(F)s1)C1COC1. The summed E-state index contributed by atoms with van der Waals surface area (Å²) in [5.41, 5.74) is 0. The maximum atomic E-state index is 12.5. The molecule has 0 radical (unpaired) electrons. The predicted octanol–water partition coefficient (Wildman–Crippen LogP) is 0.867. The summed E-state index contributed by atoms with van der Waals surface area (Å²) in [7, 11) is 0. The first-order valence-corrected chi connectivity index (χ1v) is 4.57.